The van der Waals surface area contributed by atoms with Crippen molar-refractivity contribution in [2.24, 2.45) is 5.92 Å². The van der Waals surface area contributed by atoms with Crippen LogP contribution in [0.1, 0.15) is 19.8 Å². The topological polar surface area (TPSA) is 89.9 Å². The van der Waals surface area contributed by atoms with E-state index < -0.39 is 31.6 Å². The maximum absolute atomic E-state index is 12.2. The molecule has 0 saturated carbocycles. The predicted octanol–water partition coefficient (Wildman–Crippen LogP) is 0.756. The molecule has 19 heavy (non-hydrogen) atoms. The SMILES string of the molecule is CC(CCC(=O)O)CNC(=O)N(CCO)CC(F)F. The molecule has 0 aromatic rings. The molecule has 0 saturated heterocycles. The van der Waals surface area contributed by atoms with Crippen molar-refractivity contribution in [2.75, 3.05) is 26.2 Å². The van der Waals surface area contributed by atoms with E-state index >= 15 is 0 Å². The molecule has 6 nitrogen and oxygen atoms in total. The van der Waals surface area contributed by atoms with Gasteiger partial charge < -0.3 is 20.4 Å². The van der Waals surface area contributed by atoms with Crippen LogP contribution in [0.4, 0.5) is 13.6 Å². The number of carboxylic acid groups (broad SMARTS) is 1. The lowest BCUT2D eigenvalue weighted by Gasteiger charge is -2.22. The Morgan fingerprint density at radius 1 is 1.37 bits per heavy atom. The molecule has 0 bridgehead atoms. The van der Waals surface area contributed by atoms with Crippen molar-refractivity contribution in [3.05, 3.63) is 0 Å². The number of rotatable bonds is 9. The summed E-state index contributed by atoms with van der Waals surface area (Å²) in [6.07, 6.45) is -2.28. The van der Waals surface area contributed by atoms with Crippen LogP contribution < -0.4 is 5.32 Å². The van der Waals surface area contributed by atoms with Gasteiger partial charge in [-0.3, -0.25) is 4.79 Å². The van der Waals surface area contributed by atoms with Crippen LogP contribution in [-0.4, -0.2) is 59.8 Å². The first-order valence-corrected chi connectivity index (χ1v) is 6.00. The summed E-state index contributed by atoms with van der Waals surface area (Å²) in [5.74, 6) is -0.986. The predicted molar refractivity (Wildman–Crippen MR) is 64.1 cm³/mol. The number of nitrogens with zero attached hydrogens (tertiary/aromatic N) is 1. The number of nitrogens with one attached hydrogen (secondary N) is 1. The number of hydrogen-bond donors (Lipinski definition) is 3. The molecule has 3 N–H and O–H groups in total. The van der Waals surface area contributed by atoms with E-state index in [4.69, 9.17) is 10.2 Å². The number of carbonyl (C=O) groups is 2. The molecule has 0 spiro atoms. The molecule has 1 unspecified atom stereocenters. The van der Waals surface area contributed by atoms with Crippen molar-refractivity contribution < 1.29 is 28.6 Å². The van der Waals surface area contributed by atoms with Crippen LogP contribution >= 0.6 is 0 Å². The highest BCUT2D eigenvalue weighted by molar-refractivity contribution is 5.74. The number of hydrogen-bond acceptors (Lipinski definition) is 3. The van der Waals surface area contributed by atoms with Crippen molar-refractivity contribution in [3.8, 4) is 0 Å². The second kappa shape index (κ2) is 9.48. The summed E-state index contributed by atoms with van der Waals surface area (Å²) >= 11 is 0. The fourth-order valence-electron chi connectivity index (χ4n) is 1.41. The van der Waals surface area contributed by atoms with Gasteiger partial charge in [0.1, 0.15) is 0 Å². The summed E-state index contributed by atoms with van der Waals surface area (Å²) in [6, 6.07) is -0.684. The highest BCUT2D eigenvalue weighted by Gasteiger charge is 2.18. The van der Waals surface area contributed by atoms with Gasteiger partial charge >= 0.3 is 12.0 Å². The van der Waals surface area contributed by atoms with E-state index in [-0.39, 0.29) is 25.4 Å². The number of aliphatic carboxylic acids is 1. The molecule has 0 fully saturated rings. The lowest BCUT2D eigenvalue weighted by molar-refractivity contribution is -0.137. The molecule has 0 aliphatic rings. The third-order valence-electron chi connectivity index (χ3n) is 2.47. The third-order valence-corrected chi connectivity index (χ3v) is 2.47. The molecule has 112 valence electrons. The molecular weight excluding hydrogens is 262 g/mol. The Balaban J connectivity index is 4.06. The van der Waals surface area contributed by atoms with Crippen LogP contribution in [0.3, 0.4) is 0 Å². The molecule has 1 atom stereocenters. The number of carbonyl (C=O) groups excluding carboxylic acids is 1. The first-order valence-electron chi connectivity index (χ1n) is 6.00. The Morgan fingerprint density at radius 3 is 2.47 bits per heavy atom. The van der Waals surface area contributed by atoms with E-state index in [1.807, 2.05) is 0 Å². The fourth-order valence-corrected chi connectivity index (χ4v) is 1.41. The number of carboxylic acids is 1. The van der Waals surface area contributed by atoms with Crippen LogP contribution in [0.25, 0.3) is 0 Å². The summed E-state index contributed by atoms with van der Waals surface area (Å²) < 4.78 is 24.4. The molecule has 0 rings (SSSR count). The second-order valence-electron chi connectivity index (χ2n) is 4.28. The number of aliphatic hydroxyl groups is 1. The number of halogens is 2. The van der Waals surface area contributed by atoms with Gasteiger partial charge in [0.2, 0.25) is 0 Å². The minimum absolute atomic E-state index is 0.00553. The maximum atomic E-state index is 12.2. The minimum atomic E-state index is -2.67. The van der Waals surface area contributed by atoms with Crippen molar-refractivity contribution in [2.45, 2.75) is 26.2 Å². The normalized spacial score (nSPS) is 12.3. The Kier molecular flexibility index (Phi) is 8.77. The molecule has 8 heteroatoms. The molecular formula is C11H20F2N2O4. The van der Waals surface area contributed by atoms with Crippen molar-refractivity contribution in [1.29, 1.82) is 0 Å². The summed E-state index contributed by atoms with van der Waals surface area (Å²) in [6.45, 7) is 0.661. The standard InChI is InChI=1S/C11H20F2N2O4/c1-8(2-3-10(17)18)6-14-11(19)15(4-5-16)7-9(12)13/h8-9,16H,2-7H2,1H3,(H,14,19)(H,17,18). The summed E-state index contributed by atoms with van der Waals surface area (Å²) in [7, 11) is 0. The van der Waals surface area contributed by atoms with Crippen LogP contribution in [0, 0.1) is 5.92 Å². The van der Waals surface area contributed by atoms with Gasteiger partial charge in [0.25, 0.3) is 6.43 Å². The molecule has 2 amide bonds. The Bertz CT molecular complexity index is 290. The van der Waals surface area contributed by atoms with Crippen LogP contribution in [0.2, 0.25) is 0 Å². The average Bonchev–Trinajstić information content (AvgIpc) is 2.32. The Hall–Kier alpha value is -1.44. The Labute approximate surface area is 110 Å². The van der Waals surface area contributed by atoms with Gasteiger partial charge in [0, 0.05) is 19.5 Å². The highest BCUT2D eigenvalue weighted by atomic mass is 19.3. The molecule has 0 aliphatic heterocycles. The average molecular weight is 282 g/mol. The molecule has 0 heterocycles. The fraction of sp³-hybridized carbons (Fsp3) is 0.818. The first kappa shape index (κ1) is 17.6. The third kappa shape index (κ3) is 9.18. The zero-order valence-corrected chi connectivity index (χ0v) is 10.8. The number of amides is 2. The van der Waals surface area contributed by atoms with Crippen LogP contribution in [-0.2, 0) is 4.79 Å². The quantitative estimate of drug-likeness (QED) is 0.582. The van der Waals surface area contributed by atoms with E-state index in [1.54, 1.807) is 6.92 Å². The molecule has 0 aromatic carbocycles. The van der Waals surface area contributed by atoms with E-state index in [2.05, 4.69) is 5.32 Å². The Morgan fingerprint density at radius 2 is 2.00 bits per heavy atom. The lowest BCUT2D eigenvalue weighted by atomic mass is 10.1. The van der Waals surface area contributed by atoms with Gasteiger partial charge in [-0.25, -0.2) is 13.6 Å². The first-order chi connectivity index (χ1) is 8.86. The van der Waals surface area contributed by atoms with Crippen molar-refractivity contribution in [3.63, 3.8) is 0 Å². The van der Waals surface area contributed by atoms with E-state index in [0.29, 0.717) is 6.42 Å². The van der Waals surface area contributed by atoms with E-state index in [9.17, 15) is 18.4 Å². The van der Waals surface area contributed by atoms with Crippen molar-refractivity contribution >= 4 is 12.0 Å². The van der Waals surface area contributed by atoms with E-state index in [0.717, 1.165) is 4.90 Å². The van der Waals surface area contributed by atoms with Gasteiger partial charge in [-0.2, -0.15) is 0 Å². The van der Waals surface area contributed by atoms with Gasteiger partial charge in [0.15, 0.2) is 0 Å². The monoisotopic (exact) mass is 282 g/mol. The summed E-state index contributed by atoms with van der Waals surface area (Å²) in [4.78, 5) is 22.7. The summed E-state index contributed by atoms with van der Waals surface area (Å²) in [5, 5.41) is 19.6. The van der Waals surface area contributed by atoms with Gasteiger partial charge in [-0.05, 0) is 12.3 Å². The number of aliphatic hydroxyl groups excluding tert-OH is 1. The van der Waals surface area contributed by atoms with E-state index in [1.165, 1.54) is 0 Å². The van der Waals surface area contributed by atoms with Crippen molar-refractivity contribution in [1.82, 2.24) is 10.2 Å². The zero-order chi connectivity index (χ0) is 14.8. The molecule has 0 radical (unpaired) electrons. The smallest absolute Gasteiger partial charge is 0.317 e. The molecule has 0 aliphatic carbocycles. The maximum Gasteiger partial charge on any atom is 0.317 e. The number of urea groups is 1. The lowest BCUT2D eigenvalue weighted by Crippen LogP contribution is -2.45. The molecule has 0 aromatic heterocycles. The van der Waals surface area contributed by atoms with Gasteiger partial charge in [0.05, 0.1) is 13.2 Å². The highest BCUT2D eigenvalue weighted by Crippen LogP contribution is 2.05. The van der Waals surface area contributed by atoms with Crippen LogP contribution in [0.15, 0.2) is 0 Å². The number of alkyl halides is 2. The van der Waals surface area contributed by atoms with Crippen LogP contribution in [0.5, 0.6) is 0 Å². The largest absolute Gasteiger partial charge is 0.481 e. The van der Waals surface area contributed by atoms with Gasteiger partial charge in [-0.15, -0.1) is 0 Å². The van der Waals surface area contributed by atoms with Gasteiger partial charge in [-0.1, -0.05) is 6.92 Å². The summed E-state index contributed by atoms with van der Waals surface area (Å²) in [5.41, 5.74) is 0. The minimum Gasteiger partial charge on any atom is -0.481 e. The zero-order valence-electron chi connectivity index (χ0n) is 10.8. The second-order valence-corrected chi connectivity index (χ2v) is 4.28.